The van der Waals surface area contributed by atoms with Crippen LogP contribution in [0.5, 0.6) is 11.5 Å². The molecule has 0 aromatic heterocycles. The summed E-state index contributed by atoms with van der Waals surface area (Å²) in [6.45, 7) is 3.26. The molecule has 3 atom stereocenters. The van der Waals surface area contributed by atoms with Crippen molar-refractivity contribution in [3.63, 3.8) is 0 Å². The number of nitrogens with zero attached hydrogens (tertiary/aromatic N) is 2. The number of nitrogens with two attached hydrogens (primary N) is 1. The van der Waals surface area contributed by atoms with E-state index in [4.69, 9.17) is 15.2 Å². The Morgan fingerprint density at radius 2 is 1.51 bits per heavy atom. The molecule has 7 rings (SSSR count). The summed E-state index contributed by atoms with van der Waals surface area (Å²) in [5.74, 6) is -4.36. The Hall–Kier alpha value is -3.12. The van der Waals surface area contributed by atoms with Gasteiger partial charge in [0.1, 0.15) is 18.1 Å². The van der Waals surface area contributed by atoms with Gasteiger partial charge in [0, 0.05) is 31.1 Å². The average molecular weight is 724 g/mol. The van der Waals surface area contributed by atoms with E-state index in [9.17, 15) is 13.2 Å². The smallest absolute Gasteiger partial charge is 0.296 e. The molecule has 3 aliphatic carbocycles. The Labute approximate surface area is 300 Å². The number of carbonyl (C=O) groups excluding carboxylic acids is 1. The molecule has 3 aromatic rings. The molecule has 1 saturated heterocycles. The molecule has 8 nitrogen and oxygen atoms in total. The van der Waals surface area contributed by atoms with Crippen LogP contribution in [0.2, 0.25) is 0 Å². The normalized spacial score (nSPS) is 25.4. The largest absolute Gasteiger partial charge is 0.492 e. The highest BCUT2D eigenvalue weighted by Gasteiger charge is 2.57. The lowest BCUT2D eigenvalue weighted by molar-refractivity contribution is -0.145. The standard InChI is InChI=1S/C40H51F2N3O5S/c1-44(51(47,48)36-18-12-27-25-35(15-11-28(27)26-36)50-34-7-3-4-8-34)39(38(46)37-29-9-10-30(37)24-32(43)23-29)40(41,42)31-13-16-33(17-14-31)49-22-21-45-19-5-2-6-20-45/h11-18,25-26,29-30,32,34,37,39H,2-10,19-24,43H2,1H3. The van der Waals surface area contributed by atoms with Crippen LogP contribution in [-0.4, -0.2) is 74.9 Å². The number of ketones is 1. The fourth-order valence-corrected chi connectivity index (χ4v) is 10.5. The summed E-state index contributed by atoms with van der Waals surface area (Å²) in [6, 6.07) is 13.2. The third-order valence-electron chi connectivity index (χ3n) is 11.9. The Morgan fingerprint density at radius 1 is 0.882 bits per heavy atom. The molecule has 2 N–H and O–H groups in total. The highest BCUT2D eigenvalue weighted by atomic mass is 32.2. The molecule has 3 saturated carbocycles. The van der Waals surface area contributed by atoms with Gasteiger partial charge in [0.15, 0.2) is 11.8 Å². The third-order valence-corrected chi connectivity index (χ3v) is 13.7. The summed E-state index contributed by atoms with van der Waals surface area (Å²) in [6.07, 6.45) is 10.7. The molecule has 0 spiro atoms. The van der Waals surface area contributed by atoms with Gasteiger partial charge in [-0.1, -0.05) is 18.6 Å². The zero-order valence-electron chi connectivity index (χ0n) is 29.5. The number of alkyl halides is 2. The zero-order chi connectivity index (χ0) is 35.8. The number of ether oxygens (including phenoxy) is 2. The predicted molar refractivity (Wildman–Crippen MR) is 194 cm³/mol. The van der Waals surface area contributed by atoms with Crippen LogP contribution in [0, 0.1) is 17.8 Å². The first-order valence-electron chi connectivity index (χ1n) is 18.8. The molecule has 51 heavy (non-hydrogen) atoms. The molecule has 0 radical (unpaired) electrons. The van der Waals surface area contributed by atoms with Gasteiger partial charge in [-0.25, -0.2) is 8.42 Å². The monoisotopic (exact) mass is 723 g/mol. The first-order chi connectivity index (χ1) is 24.5. The number of likely N-dealkylation sites (N-methyl/N-ethyl adjacent to an activating group) is 1. The van der Waals surface area contributed by atoms with Gasteiger partial charge in [0.25, 0.3) is 5.92 Å². The van der Waals surface area contributed by atoms with Gasteiger partial charge in [-0.2, -0.15) is 13.1 Å². The summed E-state index contributed by atoms with van der Waals surface area (Å²) in [5.41, 5.74) is 5.84. The highest BCUT2D eigenvalue weighted by Crippen LogP contribution is 2.50. The minimum Gasteiger partial charge on any atom is -0.492 e. The number of hydrogen-bond donors (Lipinski definition) is 1. The summed E-state index contributed by atoms with van der Waals surface area (Å²) >= 11 is 0. The van der Waals surface area contributed by atoms with E-state index in [0.717, 1.165) is 70.6 Å². The van der Waals surface area contributed by atoms with Crippen molar-refractivity contribution in [1.82, 2.24) is 9.21 Å². The Balaban J connectivity index is 1.15. The van der Waals surface area contributed by atoms with Crippen LogP contribution in [0.1, 0.15) is 76.2 Å². The second-order valence-corrected chi connectivity index (χ2v) is 17.3. The maximum atomic E-state index is 17.0. The molecule has 11 heteroatoms. The van der Waals surface area contributed by atoms with Crippen molar-refractivity contribution in [2.24, 2.45) is 23.5 Å². The molecule has 4 fully saturated rings. The minimum atomic E-state index is -4.54. The SMILES string of the molecule is CN(C(C(=O)C1C2CCC1CC(N)C2)C(F)(F)c1ccc(OCCN2CCCCC2)cc1)S(=O)(=O)c1ccc2cc(OC3CCCC3)ccc2c1. The number of Topliss-reactive ketones (excluding diaryl/α,β-unsaturated/α-hetero) is 1. The molecule has 276 valence electrons. The summed E-state index contributed by atoms with van der Waals surface area (Å²) in [5, 5.41) is 1.41. The lowest BCUT2D eigenvalue weighted by atomic mass is 9.72. The summed E-state index contributed by atoms with van der Waals surface area (Å²) in [7, 11) is -3.43. The highest BCUT2D eigenvalue weighted by molar-refractivity contribution is 7.89. The van der Waals surface area contributed by atoms with Gasteiger partial charge in [-0.05, 0) is 148 Å². The summed E-state index contributed by atoms with van der Waals surface area (Å²) < 4.78 is 75.1. The Morgan fingerprint density at radius 3 is 2.20 bits per heavy atom. The molecule has 1 heterocycles. The van der Waals surface area contributed by atoms with Gasteiger partial charge in [0.05, 0.1) is 11.0 Å². The van der Waals surface area contributed by atoms with Crippen molar-refractivity contribution in [3.05, 3.63) is 66.2 Å². The minimum absolute atomic E-state index is 0.0869. The number of piperidine rings is 1. The van der Waals surface area contributed by atoms with Gasteiger partial charge in [0.2, 0.25) is 10.0 Å². The first kappa shape index (κ1) is 36.2. The molecule has 3 aromatic carbocycles. The average Bonchev–Trinajstić information content (AvgIpc) is 3.73. The fourth-order valence-electron chi connectivity index (χ4n) is 9.15. The van der Waals surface area contributed by atoms with Crippen LogP contribution in [-0.2, 0) is 20.7 Å². The maximum absolute atomic E-state index is 17.0. The van der Waals surface area contributed by atoms with Crippen LogP contribution < -0.4 is 15.2 Å². The summed E-state index contributed by atoms with van der Waals surface area (Å²) in [4.78, 5) is 16.7. The zero-order valence-corrected chi connectivity index (χ0v) is 30.3. The molecule has 0 amide bonds. The van der Waals surface area contributed by atoms with Crippen molar-refractivity contribution in [3.8, 4) is 11.5 Å². The van der Waals surface area contributed by atoms with Crippen molar-refractivity contribution in [2.75, 3.05) is 33.3 Å². The molecular formula is C40H51F2N3O5S. The maximum Gasteiger partial charge on any atom is 0.296 e. The molecule has 3 unspecified atom stereocenters. The second kappa shape index (κ2) is 15.1. The van der Waals surface area contributed by atoms with Gasteiger partial charge in [-0.15, -0.1) is 0 Å². The first-order valence-corrected chi connectivity index (χ1v) is 20.3. The van der Waals surface area contributed by atoms with E-state index in [1.54, 1.807) is 12.1 Å². The van der Waals surface area contributed by atoms with Gasteiger partial charge in [-0.3, -0.25) is 9.69 Å². The Bertz CT molecular complexity index is 1780. The van der Waals surface area contributed by atoms with Crippen LogP contribution in [0.3, 0.4) is 0 Å². The van der Waals surface area contributed by atoms with E-state index >= 15 is 8.78 Å². The number of sulfonamides is 1. The van der Waals surface area contributed by atoms with E-state index in [-0.39, 0.29) is 28.9 Å². The lowest BCUT2D eigenvalue weighted by Crippen LogP contribution is -2.55. The molecule has 1 aliphatic heterocycles. The number of likely N-dealkylation sites (tertiary alicyclic amines) is 1. The second-order valence-electron chi connectivity index (χ2n) is 15.3. The van der Waals surface area contributed by atoms with E-state index in [0.29, 0.717) is 40.6 Å². The number of benzene rings is 3. The molecule has 2 bridgehead atoms. The van der Waals surface area contributed by atoms with Crippen molar-refractivity contribution in [1.29, 1.82) is 0 Å². The van der Waals surface area contributed by atoms with Crippen LogP contribution in [0.15, 0.2) is 65.6 Å². The van der Waals surface area contributed by atoms with E-state index < -0.39 is 39.3 Å². The van der Waals surface area contributed by atoms with Gasteiger partial charge < -0.3 is 15.2 Å². The quantitative estimate of drug-likeness (QED) is 0.200. The van der Waals surface area contributed by atoms with E-state index in [1.807, 2.05) is 12.1 Å². The van der Waals surface area contributed by atoms with Crippen molar-refractivity contribution >= 4 is 26.6 Å². The number of halogens is 2. The predicted octanol–water partition coefficient (Wildman–Crippen LogP) is 7.14. The van der Waals surface area contributed by atoms with Crippen molar-refractivity contribution in [2.45, 2.75) is 99.6 Å². The van der Waals surface area contributed by atoms with Crippen molar-refractivity contribution < 1.29 is 31.5 Å². The number of rotatable bonds is 13. The number of fused-ring (bicyclic) bond motifs is 3. The van der Waals surface area contributed by atoms with E-state index in [1.165, 1.54) is 55.7 Å². The fraction of sp³-hybridized carbons (Fsp3) is 0.575. The number of carbonyl (C=O) groups is 1. The molecule has 4 aliphatic rings. The third kappa shape index (κ3) is 7.68. The topological polar surface area (TPSA) is 102 Å². The van der Waals surface area contributed by atoms with Gasteiger partial charge >= 0.3 is 0 Å². The van der Waals surface area contributed by atoms with Crippen LogP contribution in [0.25, 0.3) is 10.8 Å². The van der Waals surface area contributed by atoms with Crippen LogP contribution in [0.4, 0.5) is 8.78 Å². The molecular weight excluding hydrogens is 673 g/mol. The lowest BCUT2D eigenvalue weighted by Gasteiger charge is -2.39. The van der Waals surface area contributed by atoms with Crippen LogP contribution >= 0.6 is 0 Å². The van der Waals surface area contributed by atoms with E-state index in [2.05, 4.69) is 4.90 Å². The number of hydrogen-bond acceptors (Lipinski definition) is 7. The Kier molecular flexibility index (Phi) is 10.7.